The maximum absolute atomic E-state index is 12.5. The lowest BCUT2D eigenvalue weighted by atomic mass is 9.93. The number of aromatic nitrogens is 3. The van der Waals surface area contributed by atoms with Crippen LogP contribution in [0.1, 0.15) is 25.7 Å². The number of urea groups is 1. The molecule has 5 rings (SSSR count). The molecule has 1 saturated heterocycles. The molecule has 1 aliphatic heterocycles. The van der Waals surface area contributed by atoms with Crippen LogP contribution in [-0.2, 0) is 0 Å². The molecular formula is C24H30N8O2. The van der Waals surface area contributed by atoms with Crippen molar-refractivity contribution < 1.29 is 9.90 Å². The average Bonchev–Trinajstić information content (AvgIpc) is 2.87. The molecule has 178 valence electrons. The second kappa shape index (κ2) is 10.3. The van der Waals surface area contributed by atoms with Crippen molar-refractivity contribution in [2.45, 2.75) is 37.8 Å². The Morgan fingerprint density at radius 1 is 1.03 bits per heavy atom. The quantitative estimate of drug-likeness (QED) is 0.457. The Kier molecular flexibility index (Phi) is 6.79. The van der Waals surface area contributed by atoms with Crippen LogP contribution in [0.5, 0.6) is 0 Å². The van der Waals surface area contributed by atoms with Crippen LogP contribution >= 0.6 is 0 Å². The van der Waals surface area contributed by atoms with Crippen LogP contribution in [0.3, 0.4) is 0 Å². The van der Waals surface area contributed by atoms with E-state index in [9.17, 15) is 9.90 Å². The number of carbonyl (C=O) groups excluding carboxylic acids is 1. The first-order valence-corrected chi connectivity index (χ1v) is 11.9. The summed E-state index contributed by atoms with van der Waals surface area (Å²) in [5.41, 5.74) is 1.50. The summed E-state index contributed by atoms with van der Waals surface area (Å²) in [6.07, 6.45) is 4.48. The first-order chi connectivity index (χ1) is 16.7. The third-order valence-corrected chi connectivity index (χ3v) is 6.27. The number of carbonyl (C=O) groups is 1. The number of anilines is 3. The molecule has 2 amide bonds. The van der Waals surface area contributed by atoms with Crippen molar-refractivity contribution in [2.24, 2.45) is 0 Å². The molecule has 34 heavy (non-hydrogen) atoms. The van der Waals surface area contributed by atoms with Gasteiger partial charge < -0.3 is 15.7 Å². The van der Waals surface area contributed by atoms with E-state index in [0.29, 0.717) is 30.3 Å². The van der Waals surface area contributed by atoms with E-state index in [1.54, 1.807) is 12.3 Å². The molecule has 2 aromatic heterocycles. The molecule has 0 unspecified atom stereocenters. The van der Waals surface area contributed by atoms with Crippen molar-refractivity contribution >= 4 is 34.5 Å². The largest absolute Gasteiger partial charge is 0.393 e. The summed E-state index contributed by atoms with van der Waals surface area (Å²) in [6, 6.07) is 13.4. The van der Waals surface area contributed by atoms with Crippen LogP contribution in [0.2, 0.25) is 0 Å². The number of fused-ring (bicyclic) bond motifs is 1. The number of pyridine rings is 1. The summed E-state index contributed by atoms with van der Waals surface area (Å²) >= 11 is 0. The molecule has 1 aliphatic carbocycles. The number of benzene rings is 1. The summed E-state index contributed by atoms with van der Waals surface area (Å²) in [5.74, 6) is 0.967. The number of nitrogens with one attached hydrogen (secondary N) is 3. The highest BCUT2D eigenvalue weighted by atomic mass is 16.3. The Balaban J connectivity index is 1.36. The van der Waals surface area contributed by atoms with Crippen molar-refractivity contribution in [1.82, 2.24) is 30.6 Å². The lowest BCUT2D eigenvalue weighted by Crippen LogP contribution is -2.51. The van der Waals surface area contributed by atoms with Gasteiger partial charge in [0.2, 0.25) is 5.95 Å². The second-order valence-corrected chi connectivity index (χ2v) is 8.73. The number of para-hydroxylation sites is 1. The Bertz CT molecular complexity index is 1110. The number of aliphatic hydroxyl groups is 1. The van der Waals surface area contributed by atoms with E-state index >= 15 is 0 Å². The fourth-order valence-corrected chi connectivity index (χ4v) is 4.46. The summed E-state index contributed by atoms with van der Waals surface area (Å²) in [4.78, 5) is 26.5. The van der Waals surface area contributed by atoms with Gasteiger partial charge in [0.1, 0.15) is 5.82 Å². The smallest absolute Gasteiger partial charge is 0.320 e. The van der Waals surface area contributed by atoms with E-state index in [4.69, 9.17) is 4.98 Å². The van der Waals surface area contributed by atoms with Crippen molar-refractivity contribution in [1.29, 1.82) is 0 Å². The Labute approximate surface area is 198 Å². The fraction of sp³-hybridized carbons (Fsp3) is 0.417. The second-order valence-electron chi connectivity index (χ2n) is 8.73. The summed E-state index contributed by atoms with van der Waals surface area (Å²) < 4.78 is 0. The summed E-state index contributed by atoms with van der Waals surface area (Å²) in [5, 5.41) is 23.9. The Hall–Kier alpha value is -3.34. The van der Waals surface area contributed by atoms with Gasteiger partial charge in [-0.15, -0.1) is 0 Å². The number of aliphatic hydroxyl groups excluding tert-OH is 1. The topological polar surface area (TPSA) is 119 Å². The van der Waals surface area contributed by atoms with Crippen molar-refractivity contribution in [3.8, 4) is 0 Å². The maximum Gasteiger partial charge on any atom is 0.320 e. The van der Waals surface area contributed by atoms with E-state index in [0.717, 1.165) is 50.1 Å². The SMILES string of the molecule is O=C(Nc1ccc2cnc(N(c3ccccc3)N3CCNCC3)nc2n1)NC1CCC(O)CC1. The van der Waals surface area contributed by atoms with Crippen LogP contribution in [0.15, 0.2) is 48.7 Å². The average molecular weight is 463 g/mol. The normalized spacial score (nSPS) is 21.2. The van der Waals surface area contributed by atoms with E-state index in [1.165, 1.54) is 0 Å². The van der Waals surface area contributed by atoms with Gasteiger partial charge in [0.25, 0.3) is 0 Å². The molecule has 1 saturated carbocycles. The third kappa shape index (κ3) is 5.24. The lowest BCUT2D eigenvalue weighted by Gasteiger charge is -2.37. The molecule has 4 N–H and O–H groups in total. The molecule has 2 aliphatic rings. The Morgan fingerprint density at radius 2 is 1.79 bits per heavy atom. The monoisotopic (exact) mass is 462 g/mol. The van der Waals surface area contributed by atoms with Gasteiger partial charge in [-0.3, -0.25) is 5.32 Å². The van der Waals surface area contributed by atoms with Crippen molar-refractivity contribution in [3.63, 3.8) is 0 Å². The van der Waals surface area contributed by atoms with Crippen LogP contribution < -0.4 is 21.0 Å². The zero-order valence-electron chi connectivity index (χ0n) is 19.0. The Morgan fingerprint density at radius 3 is 2.56 bits per heavy atom. The number of amides is 2. The van der Waals surface area contributed by atoms with Gasteiger partial charge in [-0.25, -0.2) is 24.8 Å². The van der Waals surface area contributed by atoms with E-state index in [-0.39, 0.29) is 18.2 Å². The van der Waals surface area contributed by atoms with Crippen molar-refractivity contribution in [2.75, 3.05) is 36.5 Å². The van der Waals surface area contributed by atoms with Gasteiger partial charge in [-0.1, -0.05) is 18.2 Å². The minimum absolute atomic E-state index is 0.0660. The zero-order valence-corrected chi connectivity index (χ0v) is 19.0. The number of hydrazine groups is 1. The van der Waals surface area contributed by atoms with Crippen molar-refractivity contribution in [3.05, 3.63) is 48.7 Å². The predicted molar refractivity (Wildman–Crippen MR) is 131 cm³/mol. The molecule has 0 radical (unpaired) electrons. The van der Waals surface area contributed by atoms with Gasteiger partial charge in [-0.05, 0) is 49.9 Å². The molecule has 2 fully saturated rings. The van der Waals surface area contributed by atoms with Gasteiger partial charge in [-0.2, -0.15) is 4.98 Å². The van der Waals surface area contributed by atoms with Gasteiger partial charge in [0.05, 0.1) is 11.8 Å². The third-order valence-electron chi connectivity index (χ3n) is 6.27. The van der Waals surface area contributed by atoms with E-state index in [1.807, 2.05) is 41.4 Å². The van der Waals surface area contributed by atoms with Crippen LogP contribution in [0, 0.1) is 0 Å². The van der Waals surface area contributed by atoms with Crippen LogP contribution in [0.25, 0.3) is 11.0 Å². The maximum atomic E-state index is 12.5. The fourth-order valence-electron chi connectivity index (χ4n) is 4.46. The van der Waals surface area contributed by atoms with E-state index in [2.05, 4.69) is 30.9 Å². The van der Waals surface area contributed by atoms with Gasteiger partial charge >= 0.3 is 6.03 Å². The standard InChI is InChI=1S/C24H30N8O2/c33-20-9-7-18(8-10-20)27-24(34)29-21-11-6-17-16-26-23(30-22(17)28-21)32(19-4-2-1-3-5-19)31-14-12-25-13-15-31/h1-6,11,16,18,20,25,33H,7-10,12-15H2,(H2,26,27,28,29,30,34). The number of hydrogen-bond acceptors (Lipinski definition) is 8. The zero-order chi connectivity index (χ0) is 23.3. The van der Waals surface area contributed by atoms with E-state index < -0.39 is 0 Å². The molecule has 0 spiro atoms. The number of hydrogen-bond donors (Lipinski definition) is 4. The minimum atomic E-state index is -0.297. The molecule has 10 nitrogen and oxygen atoms in total. The molecular weight excluding hydrogens is 432 g/mol. The lowest BCUT2D eigenvalue weighted by molar-refractivity contribution is 0.118. The predicted octanol–water partition coefficient (Wildman–Crippen LogP) is 2.41. The number of nitrogens with zero attached hydrogens (tertiary/aromatic N) is 5. The van der Waals surface area contributed by atoms with Crippen LogP contribution in [0.4, 0.5) is 22.2 Å². The highest BCUT2D eigenvalue weighted by Gasteiger charge is 2.23. The highest BCUT2D eigenvalue weighted by Crippen LogP contribution is 2.26. The van der Waals surface area contributed by atoms with Gasteiger partial charge in [0.15, 0.2) is 5.65 Å². The first-order valence-electron chi connectivity index (χ1n) is 11.9. The first kappa shape index (κ1) is 22.5. The number of rotatable bonds is 5. The molecule has 3 heterocycles. The molecule has 10 heteroatoms. The summed E-state index contributed by atoms with van der Waals surface area (Å²) in [6.45, 7) is 3.45. The molecule has 1 aromatic carbocycles. The molecule has 0 atom stereocenters. The van der Waals surface area contributed by atoms with Gasteiger partial charge in [0, 0.05) is 43.8 Å². The summed E-state index contributed by atoms with van der Waals surface area (Å²) in [7, 11) is 0. The molecule has 3 aromatic rings. The highest BCUT2D eigenvalue weighted by molar-refractivity contribution is 5.90. The van der Waals surface area contributed by atoms with Crippen LogP contribution in [-0.4, -0.2) is 69.4 Å². The number of piperazine rings is 1. The minimum Gasteiger partial charge on any atom is -0.393 e. The molecule has 0 bridgehead atoms.